The summed E-state index contributed by atoms with van der Waals surface area (Å²) in [4.78, 5) is 28.5. The highest BCUT2D eigenvalue weighted by Crippen LogP contribution is 2.17. The summed E-state index contributed by atoms with van der Waals surface area (Å²) in [5.41, 5.74) is 2.39. The van der Waals surface area contributed by atoms with Crippen molar-refractivity contribution in [1.29, 1.82) is 0 Å². The highest BCUT2D eigenvalue weighted by atomic mass is 16.2. The maximum Gasteiger partial charge on any atom is 0.227 e. The first-order valence-corrected chi connectivity index (χ1v) is 9.87. The zero-order valence-electron chi connectivity index (χ0n) is 16.0. The van der Waals surface area contributed by atoms with Crippen molar-refractivity contribution in [3.63, 3.8) is 0 Å². The van der Waals surface area contributed by atoms with E-state index in [1.165, 1.54) is 5.56 Å². The number of aryl methyl sites for hydroxylation is 2. The predicted molar refractivity (Wildman–Crippen MR) is 99.5 cm³/mol. The van der Waals surface area contributed by atoms with Crippen LogP contribution in [0.5, 0.6) is 0 Å². The largest absolute Gasteiger partial charge is 0.355 e. The average Bonchev–Trinajstić information content (AvgIpc) is 2.83. The van der Waals surface area contributed by atoms with Gasteiger partial charge in [-0.15, -0.1) is 0 Å². The van der Waals surface area contributed by atoms with Gasteiger partial charge in [0, 0.05) is 64.0 Å². The van der Waals surface area contributed by atoms with Crippen LogP contribution in [0.15, 0.2) is 6.20 Å². The zero-order chi connectivity index (χ0) is 18.5. The van der Waals surface area contributed by atoms with Crippen molar-refractivity contribution in [2.75, 3.05) is 32.7 Å². The van der Waals surface area contributed by atoms with Crippen LogP contribution in [0.3, 0.4) is 0 Å². The molecule has 0 aliphatic carbocycles. The molecule has 7 nitrogen and oxygen atoms in total. The topological polar surface area (TPSA) is 70.5 Å². The van der Waals surface area contributed by atoms with Crippen LogP contribution in [0.2, 0.25) is 0 Å². The number of carbonyl (C=O) groups is 2. The van der Waals surface area contributed by atoms with E-state index < -0.39 is 0 Å². The van der Waals surface area contributed by atoms with E-state index in [-0.39, 0.29) is 17.7 Å². The Hall–Kier alpha value is -1.89. The van der Waals surface area contributed by atoms with E-state index in [1.807, 2.05) is 9.58 Å². The molecular formula is C19H31N5O2. The van der Waals surface area contributed by atoms with Crippen LogP contribution in [0.4, 0.5) is 0 Å². The van der Waals surface area contributed by atoms with Gasteiger partial charge in [0.1, 0.15) is 0 Å². The lowest BCUT2D eigenvalue weighted by Gasteiger charge is -2.28. The Kier molecular flexibility index (Phi) is 6.29. The molecule has 0 bridgehead atoms. The number of nitrogens with zero attached hydrogens (tertiary/aromatic N) is 4. The second kappa shape index (κ2) is 8.66. The first kappa shape index (κ1) is 18.9. The van der Waals surface area contributed by atoms with Crippen molar-refractivity contribution in [2.45, 2.75) is 52.6 Å². The van der Waals surface area contributed by atoms with Gasteiger partial charge in [-0.05, 0) is 26.2 Å². The fourth-order valence-corrected chi connectivity index (χ4v) is 3.85. The monoisotopic (exact) mass is 361 g/mol. The number of carbonyl (C=O) groups excluding carboxylic acids is 2. The lowest BCUT2D eigenvalue weighted by molar-refractivity contribution is -0.137. The lowest BCUT2D eigenvalue weighted by Crippen LogP contribution is -2.45. The fraction of sp³-hybridized carbons (Fsp3) is 0.737. The molecule has 2 aliphatic rings. The molecule has 0 radical (unpaired) electrons. The van der Waals surface area contributed by atoms with Gasteiger partial charge in [-0.3, -0.25) is 19.2 Å². The number of aromatic nitrogens is 2. The maximum atomic E-state index is 12.7. The number of hydrogen-bond donors (Lipinski definition) is 1. The summed E-state index contributed by atoms with van der Waals surface area (Å²) in [5.74, 6) is 0.225. The molecule has 3 heterocycles. The molecule has 1 N–H and O–H groups in total. The molecular weight excluding hydrogens is 330 g/mol. The minimum absolute atomic E-state index is 0.0474. The lowest BCUT2D eigenvalue weighted by atomic mass is 9.97. The molecule has 0 saturated carbocycles. The van der Waals surface area contributed by atoms with E-state index >= 15 is 0 Å². The summed E-state index contributed by atoms with van der Waals surface area (Å²) in [6, 6.07) is 0. The quantitative estimate of drug-likeness (QED) is 0.854. The third kappa shape index (κ3) is 4.63. The number of nitrogens with one attached hydrogen (secondary N) is 1. The minimum atomic E-state index is -0.0474. The third-order valence-corrected chi connectivity index (χ3v) is 5.41. The Bertz CT molecular complexity index is 632. The van der Waals surface area contributed by atoms with E-state index in [0.29, 0.717) is 19.4 Å². The van der Waals surface area contributed by atoms with Crippen molar-refractivity contribution < 1.29 is 9.59 Å². The summed E-state index contributed by atoms with van der Waals surface area (Å²) in [7, 11) is 0. The van der Waals surface area contributed by atoms with Crippen LogP contribution >= 0.6 is 0 Å². The second-order valence-electron chi connectivity index (χ2n) is 7.50. The van der Waals surface area contributed by atoms with Gasteiger partial charge in [-0.25, -0.2) is 0 Å². The Morgan fingerprint density at radius 1 is 1.31 bits per heavy atom. The molecule has 7 heteroatoms. The zero-order valence-corrected chi connectivity index (χ0v) is 16.0. The molecule has 2 fully saturated rings. The summed E-state index contributed by atoms with van der Waals surface area (Å²) in [6.07, 6.45) is 5.39. The van der Waals surface area contributed by atoms with Crippen molar-refractivity contribution in [3.05, 3.63) is 17.5 Å². The Morgan fingerprint density at radius 3 is 2.88 bits per heavy atom. The molecule has 26 heavy (non-hydrogen) atoms. The summed E-state index contributed by atoms with van der Waals surface area (Å²) in [5, 5.41) is 7.41. The molecule has 1 unspecified atom stereocenters. The van der Waals surface area contributed by atoms with Crippen LogP contribution in [-0.2, 0) is 22.7 Å². The third-order valence-electron chi connectivity index (χ3n) is 5.41. The molecule has 3 rings (SSSR count). The molecule has 0 aromatic carbocycles. The SMILES string of the molecule is CCCn1cc(CN2CCCN(C(=O)C3CCC(=O)NC3)CC2)c(C)n1. The summed E-state index contributed by atoms with van der Waals surface area (Å²) < 4.78 is 2.04. The first-order chi connectivity index (χ1) is 12.6. The van der Waals surface area contributed by atoms with E-state index in [9.17, 15) is 9.59 Å². The van der Waals surface area contributed by atoms with Gasteiger partial charge in [0.2, 0.25) is 11.8 Å². The molecule has 2 aliphatic heterocycles. The van der Waals surface area contributed by atoms with Gasteiger partial charge in [-0.1, -0.05) is 6.92 Å². The van der Waals surface area contributed by atoms with Crippen LogP contribution < -0.4 is 5.32 Å². The van der Waals surface area contributed by atoms with E-state index in [1.54, 1.807) is 0 Å². The summed E-state index contributed by atoms with van der Waals surface area (Å²) in [6.45, 7) is 10.1. The van der Waals surface area contributed by atoms with Crippen molar-refractivity contribution in [2.24, 2.45) is 5.92 Å². The van der Waals surface area contributed by atoms with Gasteiger partial charge in [0.15, 0.2) is 0 Å². The number of amides is 2. The highest BCUT2D eigenvalue weighted by molar-refractivity contribution is 5.83. The Morgan fingerprint density at radius 2 is 2.15 bits per heavy atom. The van der Waals surface area contributed by atoms with Gasteiger partial charge in [-0.2, -0.15) is 5.10 Å². The Labute approximate surface area is 155 Å². The smallest absolute Gasteiger partial charge is 0.227 e. The molecule has 1 aromatic heterocycles. The van der Waals surface area contributed by atoms with Crippen molar-refractivity contribution in [3.8, 4) is 0 Å². The van der Waals surface area contributed by atoms with E-state index in [4.69, 9.17) is 0 Å². The maximum absolute atomic E-state index is 12.7. The fourth-order valence-electron chi connectivity index (χ4n) is 3.85. The van der Waals surface area contributed by atoms with Crippen LogP contribution in [0.1, 0.15) is 43.9 Å². The Balaban J connectivity index is 1.53. The number of hydrogen-bond acceptors (Lipinski definition) is 4. The molecule has 1 aromatic rings. The highest BCUT2D eigenvalue weighted by Gasteiger charge is 2.29. The standard InChI is InChI=1S/C19H31N5O2/c1-3-7-24-14-17(15(2)21-24)13-22-8-4-9-23(11-10-22)19(26)16-5-6-18(25)20-12-16/h14,16H,3-13H2,1-2H3,(H,20,25). The predicted octanol–water partition coefficient (Wildman–Crippen LogP) is 1.16. The van der Waals surface area contributed by atoms with Crippen LogP contribution in [0.25, 0.3) is 0 Å². The van der Waals surface area contributed by atoms with Gasteiger partial charge in [0.05, 0.1) is 11.6 Å². The van der Waals surface area contributed by atoms with Crippen LogP contribution in [0, 0.1) is 12.8 Å². The van der Waals surface area contributed by atoms with Gasteiger partial charge in [0.25, 0.3) is 0 Å². The minimum Gasteiger partial charge on any atom is -0.355 e. The molecule has 1 atom stereocenters. The van der Waals surface area contributed by atoms with E-state index in [2.05, 4.69) is 35.4 Å². The van der Waals surface area contributed by atoms with Gasteiger partial charge < -0.3 is 10.2 Å². The van der Waals surface area contributed by atoms with Crippen LogP contribution in [-0.4, -0.2) is 64.1 Å². The normalized spacial score (nSPS) is 22.2. The van der Waals surface area contributed by atoms with Gasteiger partial charge >= 0.3 is 0 Å². The molecule has 2 saturated heterocycles. The van der Waals surface area contributed by atoms with Crippen molar-refractivity contribution >= 4 is 11.8 Å². The summed E-state index contributed by atoms with van der Waals surface area (Å²) >= 11 is 0. The first-order valence-electron chi connectivity index (χ1n) is 9.87. The molecule has 2 amide bonds. The van der Waals surface area contributed by atoms with E-state index in [0.717, 1.165) is 57.8 Å². The van der Waals surface area contributed by atoms with Crippen molar-refractivity contribution in [1.82, 2.24) is 24.9 Å². The average molecular weight is 361 g/mol. The molecule has 144 valence electrons. The number of rotatable bonds is 5. The molecule has 0 spiro atoms. The number of piperidine rings is 1. The second-order valence-corrected chi connectivity index (χ2v) is 7.50.